The molecule has 2 N–H and O–H groups in total. The summed E-state index contributed by atoms with van der Waals surface area (Å²) in [6.07, 6.45) is 6.43. The quantitative estimate of drug-likeness (QED) is 0.751. The predicted octanol–water partition coefficient (Wildman–Crippen LogP) is 0.905. The van der Waals surface area contributed by atoms with Crippen molar-refractivity contribution >= 4 is 0 Å². The number of aliphatic hydroxyl groups is 2. The molecular formula is C15H18N2O4. The van der Waals surface area contributed by atoms with E-state index in [4.69, 9.17) is 9.47 Å². The maximum absolute atomic E-state index is 9.58. The van der Waals surface area contributed by atoms with Gasteiger partial charge in [0.1, 0.15) is 24.7 Å². The molecule has 0 amide bonds. The van der Waals surface area contributed by atoms with Gasteiger partial charge in [0, 0.05) is 12.4 Å². The van der Waals surface area contributed by atoms with E-state index in [2.05, 4.69) is 9.97 Å². The second-order valence-corrected chi connectivity index (χ2v) is 4.77. The van der Waals surface area contributed by atoms with Crippen LogP contribution in [0.3, 0.4) is 0 Å². The summed E-state index contributed by atoms with van der Waals surface area (Å²) in [4.78, 5) is 7.88. The number of hydrogen-bond donors (Lipinski definition) is 2. The van der Waals surface area contributed by atoms with Crippen molar-refractivity contribution < 1.29 is 19.7 Å². The topological polar surface area (TPSA) is 84.7 Å². The molecule has 2 aromatic heterocycles. The number of aliphatic hydroxyl groups excluding tert-OH is 2. The molecule has 0 saturated heterocycles. The molecule has 0 aliphatic carbocycles. The largest absolute Gasteiger partial charge is 0.491 e. The molecule has 0 atom stereocenters. The molecule has 2 aromatic rings. The summed E-state index contributed by atoms with van der Waals surface area (Å²) in [5.41, 5.74) is -0.897. The molecule has 0 aliphatic rings. The summed E-state index contributed by atoms with van der Waals surface area (Å²) in [7, 11) is 0. The van der Waals surface area contributed by atoms with Crippen LogP contribution in [-0.2, 0) is 0 Å². The average Bonchev–Trinajstić information content (AvgIpc) is 2.58. The SMILES string of the molecule is OCC(CO)(COc1cccnc1)COc1cccnc1. The third-order valence-electron chi connectivity index (χ3n) is 3.03. The van der Waals surface area contributed by atoms with E-state index in [0.29, 0.717) is 11.5 Å². The highest BCUT2D eigenvalue weighted by atomic mass is 16.5. The monoisotopic (exact) mass is 290 g/mol. The van der Waals surface area contributed by atoms with Crippen LogP contribution in [0.25, 0.3) is 0 Å². The Morgan fingerprint density at radius 3 is 1.67 bits per heavy atom. The summed E-state index contributed by atoms with van der Waals surface area (Å²) in [5, 5.41) is 19.2. The Balaban J connectivity index is 1.95. The number of aromatic nitrogens is 2. The van der Waals surface area contributed by atoms with Gasteiger partial charge in [-0.3, -0.25) is 9.97 Å². The second-order valence-electron chi connectivity index (χ2n) is 4.77. The van der Waals surface area contributed by atoms with Crippen LogP contribution in [-0.4, -0.2) is 46.6 Å². The van der Waals surface area contributed by atoms with Crippen LogP contribution in [0.5, 0.6) is 11.5 Å². The van der Waals surface area contributed by atoms with Crippen LogP contribution >= 0.6 is 0 Å². The zero-order valence-electron chi connectivity index (χ0n) is 11.6. The number of pyridine rings is 2. The zero-order valence-corrected chi connectivity index (χ0v) is 11.6. The lowest BCUT2D eigenvalue weighted by Crippen LogP contribution is -2.41. The number of rotatable bonds is 8. The zero-order chi connectivity index (χ0) is 15.0. The molecule has 0 fully saturated rings. The van der Waals surface area contributed by atoms with Gasteiger partial charge in [-0.15, -0.1) is 0 Å². The lowest BCUT2D eigenvalue weighted by molar-refractivity contribution is -0.0188. The van der Waals surface area contributed by atoms with Crippen molar-refractivity contribution in [2.24, 2.45) is 5.41 Å². The number of ether oxygens (including phenoxy) is 2. The highest BCUT2D eigenvalue weighted by Gasteiger charge is 2.31. The Morgan fingerprint density at radius 1 is 0.857 bits per heavy atom. The Morgan fingerprint density at radius 2 is 1.33 bits per heavy atom. The highest BCUT2D eigenvalue weighted by Crippen LogP contribution is 2.20. The lowest BCUT2D eigenvalue weighted by Gasteiger charge is -2.29. The van der Waals surface area contributed by atoms with E-state index in [0.717, 1.165) is 0 Å². The van der Waals surface area contributed by atoms with Crippen LogP contribution in [0, 0.1) is 5.41 Å². The molecule has 112 valence electrons. The minimum Gasteiger partial charge on any atom is -0.491 e. The molecule has 0 spiro atoms. The molecule has 0 radical (unpaired) electrons. The van der Waals surface area contributed by atoms with Crippen LogP contribution < -0.4 is 9.47 Å². The van der Waals surface area contributed by atoms with E-state index >= 15 is 0 Å². The molecule has 6 heteroatoms. The van der Waals surface area contributed by atoms with Crippen molar-refractivity contribution in [1.82, 2.24) is 9.97 Å². The lowest BCUT2D eigenvalue weighted by atomic mass is 9.92. The molecule has 2 rings (SSSR count). The van der Waals surface area contributed by atoms with Crippen molar-refractivity contribution in [2.45, 2.75) is 0 Å². The van der Waals surface area contributed by atoms with Crippen molar-refractivity contribution in [3.8, 4) is 11.5 Å². The summed E-state index contributed by atoms with van der Waals surface area (Å²) < 4.78 is 11.1. The minimum absolute atomic E-state index is 0.117. The molecule has 2 heterocycles. The Labute approximate surface area is 123 Å². The van der Waals surface area contributed by atoms with E-state index in [9.17, 15) is 10.2 Å². The molecular weight excluding hydrogens is 272 g/mol. The van der Waals surface area contributed by atoms with Crippen LogP contribution in [0.4, 0.5) is 0 Å². The maximum atomic E-state index is 9.58. The summed E-state index contributed by atoms with van der Waals surface area (Å²) in [6, 6.07) is 7.02. The van der Waals surface area contributed by atoms with E-state index in [-0.39, 0.29) is 26.4 Å². The van der Waals surface area contributed by atoms with Crippen LogP contribution in [0.2, 0.25) is 0 Å². The normalized spacial score (nSPS) is 11.1. The first kappa shape index (κ1) is 15.2. The van der Waals surface area contributed by atoms with Crippen molar-refractivity contribution in [1.29, 1.82) is 0 Å². The molecule has 0 aliphatic heterocycles. The van der Waals surface area contributed by atoms with Gasteiger partial charge in [0.05, 0.1) is 31.0 Å². The van der Waals surface area contributed by atoms with E-state index in [1.807, 2.05) is 0 Å². The first-order valence-electron chi connectivity index (χ1n) is 6.55. The van der Waals surface area contributed by atoms with Crippen molar-refractivity contribution in [2.75, 3.05) is 26.4 Å². The third-order valence-corrected chi connectivity index (χ3v) is 3.03. The summed E-state index contributed by atoms with van der Waals surface area (Å²) >= 11 is 0. The molecule has 6 nitrogen and oxygen atoms in total. The average molecular weight is 290 g/mol. The molecule has 21 heavy (non-hydrogen) atoms. The molecule has 0 unspecified atom stereocenters. The fraction of sp³-hybridized carbons (Fsp3) is 0.333. The van der Waals surface area contributed by atoms with Crippen LogP contribution in [0.15, 0.2) is 49.1 Å². The highest BCUT2D eigenvalue weighted by molar-refractivity contribution is 5.16. The first-order valence-corrected chi connectivity index (χ1v) is 6.55. The second kappa shape index (κ2) is 7.56. The van der Waals surface area contributed by atoms with Crippen molar-refractivity contribution in [3.05, 3.63) is 49.1 Å². The summed E-state index contributed by atoms with van der Waals surface area (Å²) in [6.45, 7) is -0.286. The van der Waals surface area contributed by atoms with E-state index < -0.39 is 5.41 Å². The van der Waals surface area contributed by atoms with Gasteiger partial charge in [0.25, 0.3) is 0 Å². The minimum atomic E-state index is -0.897. The van der Waals surface area contributed by atoms with Gasteiger partial charge in [-0.25, -0.2) is 0 Å². The van der Waals surface area contributed by atoms with Gasteiger partial charge >= 0.3 is 0 Å². The Hall–Kier alpha value is -2.18. The molecule has 0 bridgehead atoms. The van der Waals surface area contributed by atoms with Gasteiger partial charge in [0.15, 0.2) is 0 Å². The summed E-state index contributed by atoms with van der Waals surface area (Å²) in [5.74, 6) is 1.15. The number of hydrogen-bond acceptors (Lipinski definition) is 6. The smallest absolute Gasteiger partial charge is 0.137 e. The van der Waals surface area contributed by atoms with Gasteiger partial charge < -0.3 is 19.7 Å². The Bertz CT molecular complexity index is 472. The number of nitrogens with zero attached hydrogens (tertiary/aromatic N) is 2. The van der Waals surface area contributed by atoms with E-state index in [1.165, 1.54) is 0 Å². The van der Waals surface area contributed by atoms with E-state index in [1.54, 1.807) is 49.1 Å². The third kappa shape index (κ3) is 4.40. The maximum Gasteiger partial charge on any atom is 0.137 e. The van der Waals surface area contributed by atoms with Crippen LogP contribution in [0.1, 0.15) is 0 Å². The van der Waals surface area contributed by atoms with Gasteiger partial charge in [-0.05, 0) is 24.3 Å². The molecule has 0 aromatic carbocycles. The van der Waals surface area contributed by atoms with Gasteiger partial charge in [-0.2, -0.15) is 0 Å². The Kier molecular flexibility index (Phi) is 5.48. The van der Waals surface area contributed by atoms with Gasteiger partial charge in [-0.1, -0.05) is 0 Å². The standard InChI is InChI=1S/C15H18N2O4/c18-9-15(10-19,11-20-13-3-1-5-16-7-13)12-21-14-4-2-6-17-8-14/h1-8,18-19H,9-12H2. The fourth-order valence-electron chi connectivity index (χ4n) is 1.61. The fourth-order valence-corrected chi connectivity index (χ4v) is 1.61. The predicted molar refractivity (Wildman–Crippen MR) is 76.1 cm³/mol. The first-order chi connectivity index (χ1) is 10.3. The molecule has 0 saturated carbocycles. The van der Waals surface area contributed by atoms with Crippen molar-refractivity contribution in [3.63, 3.8) is 0 Å². The van der Waals surface area contributed by atoms with Gasteiger partial charge in [0.2, 0.25) is 0 Å².